The average Bonchev–Trinajstić information content (AvgIpc) is 3.03. The Morgan fingerprint density at radius 1 is 0.967 bits per heavy atom. The monoisotopic (exact) mass is 408 g/mol. The van der Waals surface area contributed by atoms with Crippen LogP contribution in [0.2, 0.25) is 0 Å². The summed E-state index contributed by atoms with van der Waals surface area (Å²) in [5.41, 5.74) is 4.10. The summed E-state index contributed by atoms with van der Waals surface area (Å²) in [7, 11) is 0. The lowest BCUT2D eigenvalue weighted by Gasteiger charge is -2.28. The van der Waals surface area contributed by atoms with Crippen LogP contribution in [0.3, 0.4) is 0 Å². The highest BCUT2D eigenvalue weighted by molar-refractivity contribution is 6.05. The molecular formula is C25H32N2O3. The Morgan fingerprint density at radius 3 is 2.03 bits per heavy atom. The Bertz CT molecular complexity index is 975. The number of phenols is 1. The van der Waals surface area contributed by atoms with Crippen molar-refractivity contribution in [1.29, 1.82) is 0 Å². The largest absolute Gasteiger partial charge is 0.507 e. The average molecular weight is 409 g/mol. The van der Waals surface area contributed by atoms with Crippen molar-refractivity contribution in [3.63, 3.8) is 0 Å². The van der Waals surface area contributed by atoms with Crippen molar-refractivity contribution in [3.05, 3.63) is 52.6 Å². The van der Waals surface area contributed by atoms with Crippen LogP contribution in [-0.4, -0.2) is 23.5 Å². The number of hydrogen-bond donors (Lipinski definition) is 2. The third-order valence-electron chi connectivity index (χ3n) is 5.60. The molecule has 0 saturated carbocycles. The molecule has 0 bridgehead atoms. The summed E-state index contributed by atoms with van der Waals surface area (Å²) in [6.07, 6.45) is 0.778. The smallest absolute Gasteiger partial charge is 0.255 e. The van der Waals surface area contributed by atoms with Crippen LogP contribution in [0.25, 0.3) is 0 Å². The van der Waals surface area contributed by atoms with Gasteiger partial charge in [-0.15, -0.1) is 0 Å². The minimum absolute atomic E-state index is 0.0269. The van der Waals surface area contributed by atoms with E-state index in [2.05, 4.69) is 5.32 Å². The predicted molar refractivity (Wildman–Crippen MR) is 122 cm³/mol. The van der Waals surface area contributed by atoms with Gasteiger partial charge in [-0.3, -0.25) is 9.59 Å². The maximum atomic E-state index is 13.1. The minimum Gasteiger partial charge on any atom is -0.507 e. The molecule has 2 amide bonds. The zero-order chi connectivity index (χ0) is 22.4. The molecule has 2 aromatic rings. The van der Waals surface area contributed by atoms with Crippen LogP contribution < -0.4 is 10.2 Å². The first-order valence-electron chi connectivity index (χ1n) is 10.4. The van der Waals surface area contributed by atoms with Crippen molar-refractivity contribution < 1.29 is 14.7 Å². The zero-order valence-corrected chi connectivity index (χ0v) is 19.0. The number of phenolic OH excluding ortho intramolecular Hbond substituents is 1. The standard InChI is InChI=1S/C25H32N2O3/c1-15(28)27-11-10-16-12-18(8-9-21(16)27)26-23(30)17-13-19(24(2,3)4)22(29)20(14-17)25(5,6)7/h8-9,12-14,29H,10-11H2,1-7H3,(H,26,30). The van der Waals surface area contributed by atoms with Gasteiger partial charge >= 0.3 is 0 Å². The minimum atomic E-state index is -0.301. The summed E-state index contributed by atoms with van der Waals surface area (Å²) in [6, 6.07) is 9.21. The lowest BCUT2D eigenvalue weighted by Crippen LogP contribution is -2.25. The number of amides is 2. The molecule has 5 heteroatoms. The summed E-state index contributed by atoms with van der Waals surface area (Å²) in [6.45, 7) is 14.4. The highest BCUT2D eigenvalue weighted by Crippen LogP contribution is 2.40. The van der Waals surface area contributed by atoms with E-state index in [1.165, 1.54) is 0 Å². The molecule has 0 aliphatic carbocycles. The molecule has 2 aromatic carbocycles. The number of aromatic hydroxyl groups is 1. The van der Waals surface area contributed by atoms with Crippen LogP contribution in [0.1, 0.15) is 75.5 Å². The molecule has 0 aromatic heterocycles. The molecule has 1 aliphatic heterocycles. The molecule has 160 valence electrons. The molecule has 1 heterocycles. The number of rotatable bonds is 2. The van der Waals surface area contributed by atoms with Crippen LogP contribution in [-0.2, 0) is 22.0 Å². The van der Waals surface area contributed by atoms with Crippen LogP contribution >= 0.6 is 0 Å². The number of carbonyl (C=O) groups excluding carboxylic acids is 2. The highest BCUT2D eigenvalue weighted by Gasteiger charge is 2.28. The third-order valence-corrected chi connectivity index (χ3v) is 5.60. The van der Waals surface area contributed by atoms with Gasteiger partial charge in [-0.2, -0.15) is 0 Å². The molecule has 5 nitrogen and oxygen atoms in total. The molecular weight excluding hydrogens is 376 g/mol. The van der Waals surface area contributed by atoms with Gasteiger partial charge in [0.25, 0.3) is 5.91 Å². The number of nitrogens with one attached hydrogen (secondary N) is 1. The van der Waals surface area contributed by atoms with Crippen molar-refractivity contribution in [2.24, 2.45) is 0 Å². The maximum absolute atomic E-state index is 13.1. The number of fused-ring (bicyclic) bond motifs is 1. The van der Waals surface area contributed by atoms with Gasteiger partial charge in [0.1, 0.15) is 5.75 Å². The van der Waals surface area contributed by atoms with Gasteiger partial charge in [-0.05, 0) is 53.1 Å². The molecule has 0 atom stereocenters. The van der Waals surface area contributed by atoms with E-state index in [1.54, 1.807) is 24.0 Å². The van der Waals surface area contributed by atoms with Crippen molar-refractivity contribution in [3.8, 4) is 5.75 Å². The summed E-state index contributed by atoms with van der Waals surface area (Å²) >= 11 is 0. The molecule has 30 heavy (non-hydrogen) atoms. The lowest BCUT2D eigenvalue weighted by molar-refractivity contribution is -0.116. The molecule has 1 aliphatic rings. The maximum Gasteiger partial charge on any atom is 0.255 e. The van der Waals surface area contributed by atoms with Crippen molar-refractivity contribution >= 4 is 23.2 Å². The second-order valence-electron chi connectivity index (χ2n) is 10.1. The van der Waals surface area contributed by atoms with E-state index in [4.69, 9.17) is 0 Å². The summed E-state index contributed by atoms with van der Waals surface area (Å²) in [5.74, 6) is 0.0693. The second kappa shape index (κ2) is 7.46. The van der Waals surface area contributed by atoms with Gasteiger partial charge in [0, 0.05) is 41.5 Å². The Hall–Kier alpha value is -2.82. The van der Waals surface area contributed by atoms with Gasteiger partial charge in [0.2, 0.25) is 5.91 Å². The number of nitrogens with zero attached hydrogens (tertiary/aromatic N) is 1. The molecule has 0 spiro atoms. The number of benzene rings is 2. The van der Waals surface area contributed by atoms with Crippen LogP contribution in [0.5, 0.6) is 5.75 Å². The van der Waals surface area contributed by atoms with Crippen molar-refractivity contribution in [2.45, 2.75) is 65.7 Å². The Kier molecular flexibility index (Phi) is 5.44. The van der Waals surface area contributed by atoms with E-state index in [0.717, 1.165) is 28.8 Å². The fourth-order valence-corrected chi connectivity index (χ4v) is 3.92. The lowest BCUT2D eigenvalue weighted by atomic mass is 9.78. The van der Waals surface area contributed by atoms with Crippen molar-refractivity contribution in [2.75, 3.05) is 16.8 Å². The topological polar surface area (TPSA) is 69.6 Å². The van der Waals surface area contributed by atoms with Crippen LogP contribution in [0.15, 0.2) is 30.3 Å². The first-order valence-corrected chi connectivity index (χ1v) is 10.4. The SMILES string of the molecule is CC(=O)N1CCc2cc(NC(=O)c3cc(C(C)(C)C)c(O)c(C(C)(C)C)c3)ccc21. The van der Waals surface area contributed by atoms with E-state index in [-0.39, 0.29) is 28.4 Å². The molecule has 0 unspecified atom stereocenters. The second-order valence-corrected chi connectivity index (χ2v) is 10.1. The van der Waals surface area contributed by atoms with Crippen molar-refractivity contribution in [1.82, 2.24) is 0 Å². The van der Waals surface area contributed by atoms with Gasteiger partial charge in [0.15, 0.2) is 0 Å². The number of anilines is 2. The van der Waals surface area contributed by atoms with Crippen LogP contribution in [0.4, 0.5) is 11.4 Å². The van der Waals surface area contributed by atoms with E-state index in [9.17, 15) is 14.7 Å². The summed E-state index contributed by atoms with van der Waals surface area (Å²) in [5, 5.41) is 13.9. The number of hydrogen-bond acceptors (Lipinski definition) is 3. The number of carbonyl (C=O) groups is 2. The summed E-state index contributed by atoms with van der Waals surface area (Å²) < 4.78 is 0. The fourth-order valence-electron chi connectivity index (χ4n) is 3.92. The van der Waals surface area contributed by atoms with E-state index < -0.39 is 0 Å². The van der Waals surface area contributed by atoms with Crippen LogP contribution in [0, 0.1) is 0 Å². The van der Waals surface area contributed by atoms with E-state index in [0.29, 0.717) is 17.8 Å². The van der Waals surface area contributed by atoms with E-state index in [1.807, 2.05) is 59.7 Å². The van der Waals surface area contributed by atoms with Gasteiger partial charge in [0.05, 0.1) is 0 Å². The fraction of sp³-hybridized carbons (Fsp3) is 0.440. The van der Waals surface area contributed by atoms with Gasteiger partial charge in [-0.1, -0.05) is 41.5 Å². The Labute approximate surface area is 179 Å². The zero-order valence-electron chi connectivity index (χ0n) is 19.0. The first kappa shape index (κ1) is 21.9. The van der Waals surface area contributed by atoms with Gasteiger partial charge < -0.3 is 15.3 Å². The highest BCUT2D eigenvalue weighted by atomic mass is 16.3. The molecule has 0 fully saturated rings. The quantitative estimate of drug-likeness (QED) is 0.722. The van der Waals surface area contributed by atoms with Gasteiger partial charge in [-0.25, -0.2) is 0 Å². The molecule has 0 radical (unpaired) electrons. The van der Waals surface area contributed by atoms with E-state index >= 15 is 0 Å². The molecule has 0 saturated heterocycles. The molecule has 3 rings (SSSR count). The first-order chi connectivity index (χ1) is 13.8. The predicted octanol–water partition coefficient (Wildman–Crippen LogP) is 5.15. The Balaban J connectivity index is 1.95. The summed E-state index contributed by atoms with van der Waals surface area (Å²) in [4.78, 5) is 26.6. The molecule has 2 N–H and O–H groups in total. The third kappa shape index (κ3) is 4.20. The Morgan fingerprint density at radius 2 is 1.53 bits per heavy atom. The normalized spacial score (nSPS) is 13.9.